The monoisotopic (exact) mass is 367 g/mol. The Labute approximate surface area is 147 Å². The van der Waals surface area contributed by atoms with E-state index in [-0.39, 0.29) is 27.1 Å². The van der Waals surface area contributed by atoms with E-state index in [0.717, 1.165) is 0 Å². The molecule has 0 saturated carbocycles. The number of ether oxygens (including phenoxy) is 2. The summed E-state index contributed by atoms with van der Waals surface area (Å²) >= 11 is 12.7. The van der Waals surface area contributed by atoms with Gasteiger partial charge in [0.25, 0.3) is 0 Å². The lowest BCUT2D eigenvalue weighted by molar-refractivity contribution is 0.395. The van der Waals surface area contributed by atoms with E-state index in [0.29, 0.717) is 22.4 Å². The summed E-state index contributed by atoms with van der Waals surface area (Å²) in [5.41, 5.74) is 6.36. The summed E-state index contributed by atoms with van der Waals surface area (Å²) in [6.07, 6.45) is 1.50. The first-order valence-electron chi connectivity index (χ1n) is 6.78. The molecule has 5 nitrogen and oxygen atoms in total. The van der Waals surface area contributed by atoms with E-state index in [1.165, 1.54) is 32.5 Å². The first-order chi connectivity index (χ1) is 11.5. The minimum atomic E-state index is -0.556. The van der Waals surface area contributed by atoms with Gasteiger partial charge in [0.05, 0.1) is 29.8 Å². The molecule has 0 aliphatic rings. The van der Waals surface area contributed by atoms with E-state index < -0.39 is 5.82 Å². The lowest BCUT2D eigenvalue weighted by Gasteiger charge is -2.15. The van der Waals surface area contributed by atoms with E-state index >= 15 is 0 Å². The van der Waals surface area contributed by atoms with Crippen molar-refractivity contribution in [2.24, 2.45) is 0 Å². The fourth-order valence-electron chi connectivity index (χ4n) is 2.38. The smallest absolute Gasteiger partial charge is 0.220 e. The summed E-state index contributed by atoms with van der Waals surface area (Å²) in [4.78, 5) is 7.91. The van der Waals surface area contributed by atoms with Crippen LogP contribution >= 0.6 is 23.2 Å². The van der Waals surface area contributed by atoms with Gasteiger partial charge in [0, 0.05) is 34.8 Å². The van der Waals surface area contributed by atoms with Crippen LogP contribution in [-0.4, -0.2) is 24.2 Å². The van der Waals surface area contributed by atoms with Crippen molar-refractivity contribution in [2.45, 2.75) is 0 Å². The van der Waals surface area contributed by atoms with Crippen LogP contribution in [0.3, 0.4) is 0 Å². The number of nitrogen functional groups attached to an aromatic ring is 1. The third kappa shape index (κ3) is 2.68. The Bertz CT molecular complexity index is 922. The molecule has 0 saturated heterocycles. The van der Waals surface area contributed by atoms with Crippen molar-refractivity contribution in [3.05, 3.63) is 40.3 Å². The number of rotatable bonds is 3. The molecule has 1 aromatic heterocycles. The number of aromatic nitrogens is 2. The van der Waals surface area contributed by atoms with Crippen LogP contribution in [0.15, 0.2) is 24.4 Å². The lowest BCUT2D eigenvalue weighted by atomic mass is 10.0. The van der Waals surface area contributed by atoms with Gasteiger partial charge in [0.1, 0.15) is 17.3 Å². The van der Waals surface area contributed by atoms with Crippen molar-refractivity contribution in [2.75, 3.05) is 20.0 Å². The average Bonchev–Trinajstić information content (AvgIpc) is 2.55. The molecule has 0 unspecified atom stereocenters. The lowest BCUT2D eigenvalue weighted by Crippen LogP contribution is -1.97. The minimum Gasteiger partial charge on any atom is -0.495 e. The molecule has 24 heavy (non-hydrogen) atoms. The van der Waals surface area contributed by atoms with Crippen molar-refractivity contribution < 1.29 is 13.9 Å². The van der Waals surface area contributed by atoms with E-state index in [9.17, 15) is 4.39 Å². The van der Waals surface area contributed by atoms with Gasteiger partial charge in [-0.15, -0.1) is 0 Å². The van der Waals surface area contributed by atoms with Gasteiger partial charge in [-0.25, -0.2) is 14.4 Å². The fraction of sp³-hybridized carbons (Fsp3) is 0.125. The van der Waals surface area contributed by atoms with Gasteiger partial charge in [-0.2, -0.15) is 0 Å². The second kappa shape index (κ2) is 6.30. The molecule has 0 atom stereocenters. The third-order valence-electron chi connectivity index (χ3n) is 3.53. The van der Waals surface area contributed by atoms with Crippen LogP contribution in [0.2, 0.25) is 10.0 Å². The molecule has 2 N–H and O–H groups in total. The van der Waals surface area contributed by atoms with Gasteiger partial charge >= 0.3 is 0 Å². The molecule has 2 aromatic carbocycles. The summed E-state index contributed by atoms with van der Waals surface area (Å²) in [6.45, 7) is 0. The second-order valence-corrected chi connectivity index (χ2v) is 5.66. The number of nitrogens with two attached hydrogens (primary N) is 1. The van der Waals surface area contributed by atoms with Gasteiger partial charge in [-0.3, -0.25) is 0 Å². The van der Waals surface area contributed by atoms with Gasteiger partial charge in [0.15, 0.2) is 0 Å². The van der Waals surface area contributed by atoms with Crippen LogP contribution in [0.1, 0.15) is 0 Å². The number of fused-ring (bicyclic) bond motifs is 1. The summed E-state index contributed by atoms with van der Waals surface area (Å²) in [5.74, 6) is 0.149. The van der Waals surface area contributed by atoms with Crippen LogP contribution in [0, 0.1) is 5.82 Å². The Morgan fingerprint density at radius 2 is 1.67 bits per heavy atom. The number of benzene rings is 2. The molecule has 0 fully saturated rings. The predicted octanol–water partition coefficient (Wildman–Crippen LogP) is 4.34. The Kier molecular flexibility index (Phi) is 4.34. The first-order valence-corrected chi connectivity index (χ1v) is 7.54. The van der Waals surface area contributed by atoms with E-state index in [1.54, 1.807) is 6.07 Å². The molecule has 0 bridgehead atoms. The number of hydrogen-bond acceptors (Lipinski definition) is 5. The quantitative estimate of drug-likeness (QED) is 0.745. The predicted molar refractivity (Wildman–Crippen MR) is 92.5 cm³/mol. The summed E-state index contributed by atoms with van der Waals surface area (Å²) < 4.78 is 25.1. The molecular formula is C16H12Cl2FN3O2. The fourth-order valence-corrected chi connectivity index (χ4v) is 3.09. The highest BCUT2D eigenvalue weighted by molar-refractivity contribution is 6.41. The minimum absolute atomic E-state index is 0.0637. The molecule has 0 aliphatic carbocycles. The Balaban J connectivity index is 2.34. The van der Waals surface area contributed by atoms with Gasteiger partial charge in [0.2, 0.25) is 5.95 Å². The average molecular weight is 368 g/mol. The topological polar surface area (TPSA) is 70.3 Å². The van der Waals surface area contributed by atoms with E-state index in [4.69, 9.17) is 38.4 Å². The molecular weight excluding hydrogens is 356 g/mol. The third-order valence-corrected chi connectivity index (χ3v) is 4.28. The molecule has 0 amide bonds. The second-order valence-electron chi connectivity index (χ2n) is 4.90. The SMILES string of the molecule is COc1cc(OC)c(Cl)c(-c2cc3cnc(N)nc3cc2F)c1Cl. The largest absolute Gasteiger partial charge is 0.495 e. The molecule has 8 heteroatoms. The molecule has 1 heterocycles. The Morgan fingerprint density at radius 3 is 2.25 bits per heavy atom. The maximum absolute atomic E-state index is 14.7. The Hall–Kier alpha value is -2.31. The Morgan fingerprint density at radius 1 is 1.04 bits per heavy atom. The number of nitrogens with zero attached hydrogens (tertiary/aromatic N) is 2. The van der Waals surface area contributed by atoms with Crippen molar-refractivity contribution in [1.82, 2.24) is 9.97 Å². The standard InChI is InChI=1S/C16H12Cl2FN3O2/c1-23-11-5-12(24-2)15(18)13(14(11)17)8-3-7-6-21-16(20)22-10(7)4-9(8)19/h3-6H,1-2H3,(H2,20,21,22). The zero-order chi connectivity index (χ0) is 17.4. The number of methoxy groups -OCH3 is 2. The summed E-state index contributed by atoms with van der Waals surface area (Å²) in [6, 6.07) is 4.34. The summed E-state index contributed by atoms with van der Waals surface area (Å²) in [7, 11) is 2.90. The van der Waals surface area contributed by atoms with Crippen molar-refractivity contribution in [1.29, 1.82) is 0 Å². The van der Waals surface area contributed by atoms with Crippen LogP contribution < -0.4 is 15.2 Å². The maximum Gasteiger partial charge on any atom is 0.220 e. The van der Waals surface area contributed by atoms with Crippen LogP contribution in [-0.2, 0) is 0 Å². The normalized spacial score (nSPS) is 10.9. The maximum atomic E-state index is 14.7. The molecule has 3 rings (SSSR count). The van der Waals surface area contributed by atoms with Gasteiger partial charge in [-0.05, 0) is 6.07 Å². The molecule has 124 valence electrons. The van der Waals surface area contributed by atoms with Gasteiger partial charge in [-0.1, -0.05) is 23.2 Å². The number of anilines is 1. The first kappa shape index (κ1) is 16.5. The highest BCUT2D eigenvalue weighted by Gasteiger charge is 2.21. The molecule has 0 aliphatic heterocycles. The highest BCUT2D eigenvalue weighted by atomic mass is 35.5. The van der Waals surface area contributed by atoms with Crippen LogP contribution in [0.25, 0.3) is 22.0 Å². The molecule has 0 radical (unpaired) electrons. The number of halogens is 3. The summed E-state index contributed by atoms with van der Waals surface area (Å²) in [5, 5.41) is 0.949. The van der Waals surface area contributed by atoms with E-state index in [1.807, 2.05) is 0 Å². The van der Waals surface area contributed by atoms with Crippen LogP contribution in [0.4, 0.5) is 10.3 Å². The number of hydrogen-bond donors (Lipinski definition) is 1. The zero-order valence-corrected chi connectivity index (χ0v) is 14.2. The van der Waals surface area contributed by atoms with Crippen molar-refractivity contribution in [3.8, 4) is 22.6 Å². The van der Waals surface area contributed by atoms with Crippen LogP contribution in [0.5, 0.6) is 11.5 Å². The van der Waals surface area contributed by atoms with Crippen molar-refractivity contribution in [3.63, 3.8) is 0 Å². The highest BCUT2D eigenvalue weighted by Crippen LogP contribution is 2.47. The van der Waals surface area contributed by atoms with Crippen molar-refractivity contribution >= 4 is 40.1 Å². The van der Waals surface area contributed by atoms with Gasteiger partial charge < -0.3 is 15.2 Å². The molecule has 0 spiro atoms. The molecule has 3 aromatic rings. The van der Waals surface area contributed by atoms with E-state index in [2.05, 4.69) is 9.97 Å². The zero-order valence-electron chi connectivity index (χ0n) is 12.7.